The highest BCUT2D eigenvalue weighted by molar-refractivity contribution is 6.31. The molecular formula is C20H17ClN2O4. The quantitative estimate of drug-likeness (QED) is 0.673. The van der Waals surface area contributed by atoms with Crippen LogP contribution in [0.25, 0.3) is 10.9 Å². The minimum Gasteiger partial charge on any atom is -0.495 e. The van der Waals surface area contributed by atoms with Crippen LogP contribution in [-0.4, -0.2) is 30.6 Å². The third-order valence-corrected chi connectivity index (χ3v) is 4.14. The Morgan fingerprint density at radius 1 is 1.15 bits per heavy atom. The van der Waals surface area contributed by atoms with Crippen molar-refractivity contribution in [3.63, 3.8) is 0 Å². The predicted molar refractivity (Wildman–Crippen MR) is 103 cm³/mol. The SMILES string of the molecule is COc1ccccc1NC(=O)COC(=O)c1cc2cc(Cl)ccc2nc1C. The van der Waals surface area contributed by atoms with Gasteiger partial charge in [0.2, 0.25) is 0 Å². The van der Waals surface area contributed by atoms with Crippen molar-refractivity contribution < 1.29 is 19.1 Å². The van der Waals surface area contributed by atoms with Crippen LogP contribution in [0.5, 0.6) is 5.75 Å². The first-order chi connectivity index (χ1) is 13.0. The number of carbonyl (C=O) groups excluding carboxylic acids is 2. The molecule has 1 aromatic heterocycles. The minimum absolute atomic E-state index is 0.287. The Hall–Kier alpha value is -3.12. The van der Waals surface area contributed by atoms with E-state index < -0.39 is 18.5 Å². The number of hydrogen-bond acceptors (Lipinski definition) is 5. The Morgan fingerprint density at radius 3 is 2.70 bits per heavy atom. The van der Waals surface area contributed by atoms with Crippen LogP contribution in [0.3, 0.4) is 0 Å². The van der Waals surface area contributed by atoms with Crippen molar-refractivity contribution in [3.8, 4) is 5.75 Å². The van der Waals surface area contributed by atoms with E-state index in [-0.39, 0.29) is 5.56 Å². The zero-order chi connectivity index (χ0) is 19.4. The molecule has 0 unspecified atom stereocenters. The third kappa shape index (κ3) is 4.35. The van der Waals surface area contributed by atoms with Gasteiger partial charge in [-0.3, -0.25) is 9.78 Å². The first-order valence-corrected chi connectivity index (χ1v) is 8.52. The summed E-state index contributed by atoms with van der Waals surface area (Å²) in [5, 5.41) is 3.91. The van der Waals surface area contributed by atoms with E-state index in [9.17, 15) is 9.59 Å². The molecule has 0 fully saturated rings. The van der Waals surface area contributed by atoms with E-state index in [1.54, 1.807) is 55.5 Å². The molecule has 0 aliphatic carbocycles. The number of amides is 1. The molecule has 0 atom stereocenters. The van der Waals surface area contributed by atoms with Crippen LogP contribution >= 0.6 is 11.6 Å². The maximum atomic E-state index is 12.4. The number of halogens is 1. The number of pyridine rings is 1. The molecule has 0 saturated heterocycles. The Labute approximate surface area is 161 Å². The molecule has 7 heteroatoms. The maximum absolute atomic E-state index is 12.4. The maximum Gasteiger partial charge on any atom is 0.340 e. The molecule has 0 spiro atoms. The molecule has 27 heavy (non-hydrogen) atoms. The fourth-order valence-corrected chi connectivity index (χ4v) is 2.77. The van der Waals surface area contributed by atoms with Gasteiger partial charge in [0.05, 0.1) is 29.6 Å². The van der Waals surface area contributed by atoms with Crippen molar-refractivity contribution in [2.75, 3.05) is 19.0 Å². The van der Waals surface area contributed by atoms with E-state index in [0.29, 0.717) is 22.2 Å². The molecule has 0 radical (unpaired) electrons. The van der Waals surface area contributed by atoms with E-state index in [1.165, 1.54) is 7.11 Å². The molecule has 0 aliphatic rings. The van der Waals surface area contributed by atoms with Gasteiger partial charge in [-0.2, -0.15) is 0 Å². The first kappa shape index (κ1) is 18.7. The van der Waals surface area contributed by atoms with Crippen molar-refractivity contribution >= 4 is 40.1 Å². The van der Waals surface area contributed by atoms with Gasteiger partial charge in [-0.25, -0.2) is 4.79 Å². The lowest BCUT2D eigenvalue weighted by Crippen LogP contribution is -2.21. The Bertz CT molecular complexity index is 1020. The number of methoxy groups -OCH3 is 1. The van der Waals surface area contributed by atoms with Gasteiger partial charge in [-0.1, -0.05) is 23.7 Å². The van der Waals surface area contributed by atoms with Gasteiger partial charge in [-0.15, -0.1) is 0 Å². The molecule has 2 aromatic carbocycles. The molecule has 1 amide bonds. The lowest BCUT2D eigenvalue weighted by Gasteiger charge is -2.11. The second-order valence-electron chi connectivity index (χ2n) is 5.78. The summed E-state index contributed by atoms with van der Waals surface area (Å²) in [5.74, 6) is -0.581. The van der Waals surface area contributed by atoms with Crippen molar-refractivity contribution in [2.24, 2.45) is 0 Å². The molecule has 0 saturated carbocycles. The largest absolute Gasteiger partial charge is 0.495 e. The number of hydrogen-bond donors (Lipinski definition) is 1. The number of esters is 1. The summed E-state index contributed by atoms with van der Waals surface area (Å²) in [4.78, 5) is 28.8. The zero-order valence-electron chi connectivity index (χ0n) is 14.8. The van der Waals surface area contributed by atoms with Crippen LogP contribution in [0.2, 0.25) is 5.02 Å². The summed E-state index contributed by atoms with van der Waals surface area (Å²) in [6.07, 6.45) is 0. The van der Waals surface area contributed by atoms with Crippen LogP contribution in [0.1, 0.15) is 16.1 Å². The average molecular weight is 385 g/mol. The van der Waals surface area contributed by atoms with E-state index in [1.807, 2.05) is 0 Å². The molecule has 0 aliphatic heterocycles. The fourth-order valence-electron chi connectivity index (χ4n) is 2.59. The Morgan fingerprint density at radius 2 is 1.93 bits per heavy atom. The predicted octanol–water partition coefficient (Wildman–Crippen LogP) is 4.00. The average Bonchev–Trinajstić information content (AvgIpc) is 2.66. The van der Waals surface area contributed by atoms with E-state index in [4.69, 9.17) is 21.1 Å². The second kappa shape index (κ2) is 8.05. The summed E-state index contributed by atoms with van der Waals surface area (Å²) < 4.78 is 10.3. The van der Waals surface area contributed by atoms with Crippen LogP contribution in [-0.2, 0) is 9.53 Å². The molecule has 3 rings (SSSR count). The van der Waals surface area contributed by atoms with Crippen LogP contribution in [0.4, 0.5) is 5.69 Å². The summed E-state index contributed by atoms with van der Waals surface area (Å²) in [5.41, 5.74) is 2.02. The van der Waals surface area contributed by atoms with Gasteiger partial charge < -0.3 is 14.8 Å². The van der Waals surface area contributed by atoms with Gasteiger partial charge in [0, 0.05) is 10.4 Å². The van der Waals surface area contributed by atoms with Crippen LogP contribution in [0.15, 0.2) is 48.5 Å². The highest BCUT2D eigenvalue weighted by Crippen LogP contribution is 2.23. The van der Waals surface area contributed by atoms with Gasteiger partial charge in [-0.05, 0) is 43.3 Å². The van der Waals surface area contributed by atoms with Gasteiger partial charge >= 0.3 is 5.97 Å². The van der Waals surface area contributed by atoms with Gasteiger partial charge in [0.15, 0.2) is 6.61 Å². The highest BCUT2D eigenvalue weighted by Gasteiger charge is 2.16. The second-order valence-corrected chi connectivity index (χ2v) is 6.22. The molecule has 138 valence electrons. The summed E-state index contributed by atoms with van der Waals surface area (Å²) in [6, 6.07) is 13.8. The molecular weight excluding hydrogens is 368 g/mol. The topological polar surface area (TPSA) is 77.5 Å². The summed E-state index contributed by atoms with van der Waals surface area (Å²) >= 11 is 5.99. The van der Waals surface area contributed by atoms with Crippen molar-refractivity contribution in [1.82, 2.24) is 4.98 Å². The minimum atomic E-state index is -0.628. The molecule has 1 heterocycles. The standard InChI is InChI=1S/C20H17ClN2O4/c1-12-15(10-13-9-14(21)7-8-16(13)22-12)20(25)27-11-19(24)23-17-5-3-4-6-18(17)26-2/h3-10H,11H2,1-2H3,(H,23,24). The fraction of sp³-hybridized carbons (Fsp3) is 0.150. The number of anilines is 1. The normalized spacial score (nSPS) is 10.5. The van der Waals surface area contributed by atoms with Crippen LogP contribution < -0.4 is 10.1 Å². The number of para-hydroxylation sites is 2. The number of carbonyl (C=O) groups is 2. The van der Waals surface area contributed by atoms with Gasteiger partial charge in [0.25, 0.3) is 5.91 Å². The molecule has 1 N–H and O–H groups in total. The lowest BCUT2D eigenvalue weighted by molar-refractivity contribution is -0.119. The summed E-state index contributed by atoms with van der Waals surface area (Å²) in [7, 11) is 1.51. The Balaban J connectivity index is 1.69. The first-order valence-electron chi connectivity index (χ1n) is 8.15. The number of fused-ring (bicyclic) bond motifs is 1. The van der Waals surface area contributed by atoms with E-state index in [2.05, 4.69) is 10.3 Å². The van der Waals surface area contributed by atoms with Crippen LogP contribution in [0, 0.1) is 6.92 Å². The van der Waals surface area contributed by atoms with Gasteiger partial charge in [0.1, 0.15) is 5.75 Å². The number of ether oxygens (including phenoxy) is 2. The number of rotatable bonds is 5. The Kier molecular flexibility index (Phi) is 5.57. The molecule has 0 bridgehead atoms. The number of nitrogens with one attached hydrogen (secondary N) is 1. The highest BCUT2D eigenvalue weighted by atomic mass is 35.5. The zero-order valence-corrected chi connectivity index (χ0v) is 15.5. The number of aromatic nitrogens is 1. The van der Waals surface area contributed by atoms with Crippen molar-refractivity contribution in [3.05, 3.63) is 64.8 Å². The smallest absolute Gasteiger partial charge is 0.340 e. The van der Waals surface area contributed by atoms with Crippen molar-refractivity contribution in [2.45, 2.75) is 6.92 Å². The molecule has 3 aromatic rings. The monoisotopic (exact) mass is 384 g/mol. The van der Waals surface area contributed by atoms with Crippen molar-refractivity contribution in [1.29, 1.82) is 0 Å². The number of benzene rings is 2. The van der Waals surface area contributed by atoms with E-state index in [0.717, 1.165) is 10.9 Å². The number of nitrogens with zero attached hydrogens (tertiary/aromatic N) is 1. The summed E-state index contributed by atoms with van der Waals surface area (Å²) in [6.45, 7) is 1.28. The number of aryl methyl sites for hydroxylation is 1. The van der Waals surface area contributed by atoms with E-state index >= 15 is 0 Å². The third-order valence-electron chi connectivity index (χ3n) is 3.90. The molecule has 6 nitrogen and oxygen atoms in total. The lowest BCUT2D eigenvalue weighted by atomic mass is 10.1.